The van der Waals surface area contributed by atoms with Gasteiger partial charge >= 0.3 is 5.97 Å². The third-order valence-corrected chi connectivity index (χ3v) is 3.62. The van der Waals surface area contributed by atoms with E-state index < -0.39 is 5.97 Å². The van der Waals surface area contributed by atoms with Gasteiger partial charge in [-0.2, -0.15) is 0 Å². The maximum Gasteiger partial charge on any atom is 0.338 e. The molecule has 100 valence electrons. The van der Waals surface area contributed by atoms with E-state index in [1.54, 1.807) is 24.3 Å². The Hall–Kier alpha value is -1.85. The molecule has 0 fully saturated rings. The summed E-state index contributed by atoms with van der Waals surface area (Å²) in [6.45, 7) is 0. The highest BCUT2D eigenvalue weighted by Gasteiger charge is 2.16. The molecule has 0 aliphatic carbocycles. The van der Waals surface area contributed by atoms with Crippen LogP contribution in [0.1, 0.15) is 10.4 Å². The Morgan fingerprint density at radius 2 is 2.10 bits per heavy atom. The monoisotopic (exact) mass is 351 g/mol. The van der Waals surface area contributed by atoms with Crippen LogP contribution in [-0.2, 0) is 0 Å². The van der Waals surface area contributed by atoms with Gasteiger partial charge in [0.05, 0.1) is 16.1 Å². The lowest BCUT2D eigenvalue weighted by Crippen LogP contribution is -1.96. The average molecular weight is 353 g/mol. The molecule has 3 aromatic rings. The second kappa shape index (κ2) is 4.92. The van der Waals surface area contributed by atoms with Crippen LogP contribution < -0.4 is 0 Å². The zero-order valence-electron chi connectivity index (χ0n) is 9.93. The van der Waals surface area contributed by atoms with E-state index in [4.69, 9.17) is 21.1 Å². The summed E-state index contributed by atoms with van der Waals surface area (Å²) in [5, 5.41) is 9.61. The number of rotatable bonds is 2. The lowest BCUT2D eigenvalue weighted by molar-refractivity contribution is 0.0699. The highest BCUT2D eigenvalue weighted by Crippen LogP contribution is 2.32. The van der Waals surface area contributed by atoms with Crippen LogP contribution in [0.3, 0.4) is 0 Å². The van der Waals surface area contributed by atoms with Crippen LogP contribution in [0.5, 0.6) is 0 Å². The Labute approximate surface area is 127 Å². The van der Waals surface area contributed by atoms with Crippen molar-refractivity contribution in [3.8, 4) is 11.5 Å². The summed E-state index contributed by atoms with van der Waals surface area (Å²) < 4.78 is 6.43. The summed E-state index contributed by atoms with van der Waals surface area (Å²) in [6.07, 6.45) is 0. The van der Waals surface area contributed by atoms with E-state index in [0.29, 0.717) is 27.6 Å². The number of para-hydroxylation sites is 1. The van der Waals surface area contributed by atoms with Crippen LogP contribution >= 0.6 is 27.5 Å². The molecule has 0 aliphatic heterocycles. The van der Waals surface area contributed by atoms with Gasteiger partial charge in [-0.25, -0.2) is 9.78 Å². The van der Waals surface area contributed by atoms with E-state index in [1.165, 1.54) is 6.07 Å². The quantitative estimate of drug-likeness (QED) is 0.731. The normalized spacial score (nSPS) is 10.9. The number of aromatic carboxylic acids is 1. The first-order valence-corrected chi connectivity index (χ1v) is 6.81. The molecule has 0 amide bonds. The molecule has 4 nitrogen and oxygen atoms in total. The molecule has 0 bridgehead atoms. The van der Waals surface area contributed by atoms with Gasteiger partial charge in [0.1, 0.15) is 5.52 Å². The summed E-state index contributed by atoms with van der Waals surface area (Å²) in [4.78, 5) is 15.4. The molecule has 1 aromatic heterocycles. The average Bonchev–Trinajstić information content (AvgIpc) is 2.81. The number of carboxylic acids is 1. The molecule has 0 atom stereocenters. The van der Waals surface area contributed by atoms with E-state index in [2.05, 4.69) is 20.9 Å². The fraction of sp³-hybridized carbons (Fsp3) is 0. The van der Waals surface area contributed by atoms with Gasteiger partial charge < -0.3 is 9.52 Å². The second-order valence-corrected chi connectivity index (χ2v) is 5.42. The first-order valence-electron chi connectivity index (χ1n) is 5.64. The summed E-state index contributed by atoms with van der Waals surface area (Å²) in [5.41, 5.74) is 1.45. The van der Waals surface area contributed by atoms with E-state index in [0.717, 1.165) is 4.47 Å². The topological polar surface area (TPSA) is 63.3 Å². The largest absolute Gasteiger partial charge is 0.478 e. The Kier molecular flexibility index (Phi) is 3.23. The van der Waals surface area contributed by atoms with Crippen molar-refractivity contribution in [3.05, 3.63) is 51.5 Å². The van der Waals surface area contributed by atoms with Gasteiger partial charge in [0.2, 0.25) is 5.89 Å². The number of benzene rings is 2. The molecule has 0 radical (unpaired) electrons. The first-order chi connectivity index (χ1) is 9.56. The number of hydrogen-bond donors (Lipinski definition) is 1. The zero-order chi connectivity index (χ0) is 14.3. The summed E-state index contributed by atoms with van der Waals surface area (Å²) in [5.74, 6) is -0.747. The van der Waals surface area contributed by atoms with Gasteiger partial charge in [-0.3, -0.25) is 0 Å². The van der Waals surface area contributed by atoms with Crippen LogP contribution in [0.25, 0.3) is 22.6 Å². The van der Waals surface area contributed by atoms with Crippen molar-refractivity contribution in [2.24, 2.45) is 0 Å². The number of hydrogen-bond acceptors (Lipinski definition) is 3. The van der Waals surface area contributed by atoms with Gasteiger partial charge in [-0.1, -0.05) is 33.6 Å². The van der Waals surface area contributed by atoms with Crippen molar-refractivity contribution in [1.82, 2.24) is 4.98 Å². The molecular weight excluding hydrogens is 346 g/mol. The van der Waals surface area contributed by atoms with E-state index >= 15 is 0 Å². The van der Waals surface area contributed by atoms with Crippen LogP contribution in [0, 0.1) is 0 Å². The van der Waals surface area contributed by atoms with Gasteiger partial charge in [0.25, 0.3) is 0 Å². The van der Waals surface area contributed by atoms with Crippen molar-refractivity contribution in [2.45, 2.75) is 0 Å². The van der Waals surface area contributed by atoms with Gasteiger partial charge in [-0.05, 0) is 30.3 Å². The SMILES string of the molecule is O=C(O)c1cccc2oc(-c3ccc(Br)cc3Cl)nc12. The van der Waals surface area contributed by atoms with Gasteiger partial charge in [0.15, 0.2) is 5.58 Å². The number of carbonyl (C=O) groups is 1. The molecular formula is C14H7BrClNO3. The molecule has 0 spiro atoms. The highest BCUT2D eigenvalue weighted by atomic mass is 79.9. The maximum absolute atomic E-state index is 11.2. The first kappa shape index (κ1) is 13.1. The Morgan fingerprint density at radius 3 is 2.80 bits per heavy atom. The minimum atomic E-state index is -1.04. The van der Waals surface area contributed by atoms with Crippen molar-refractivity contribution >= 4 is 44.6 Å². The predicted octanol–water partition coefficient (Wildman–Crippen LogP) is 4.61. The summed E-state index contributed by atoms with van der Waals surface area (Å²) in [7, 11) is 0. The maximum atomic E-state index is 11.2. The minimum Gasteiger partial charge on any atom is -0.478 e. The fourth-order valence-corrected chi connectivity index (χ4v) is 2.65. The summed E-state index contributed by atoms with van der Waals surface area (Å²) >= 11 is 9.47. The van der Waals surface area contributed by atoms with Gasteiger partial charge in [0, 0.05) is 4.47 Å². The molecule has 1 heterocycles. The van der Waals surface area contributed by atoms with Crippen LogP contribution in [-0.4, -0.2) is 16.1 Å². The third kappa shape index (κ3) is 2.19. The zero-order valence-corrected chi connectivity index (χ0v) is 12.3. The van der Waals surface area contributed by atoms with Crippen molar-refractivity contribution in [2.75, 3.05) is 0 Å². The molecule has 1 N–H and O–H groups in total. The second-order valence-electron chi connectivity index (χ2n) is 4.10. The number of aromatic nitrogens is 1. The highest BCUT2D eigenvalue weighted by molar-refractivity contribution is 9.10. The molecule has 20 heavy (non-hydrogen) atoms. The smallest absolute Gasteiger partial charge is 0.338 e. The summed E-state index contributed by atoms with van der Waals surface area (Å²) in [6, 6.07) is 10.1. The molecule has 0 saturated carbocycles. The Balaban J connectivity index is 2.23. The van der Waals surface area contributed by atoms with Crippen LogP contribution in [0.15, 0.2) is 45.3 Å². The molecule has 0 aliphatic rings. The van der Waals surface area contributed by atoms with E-state index in [1.807, 2.05) is 6.07 Å². The lowest BCUT2D eigenvalue weighted by Gasteiger charge is -1.99. The van der Waals surface area contributed by atoms with Crippen LogP contribution in [0.2, 0.25) is 5.02 Å². The van der Waals surface area contributed by atoms with E-state index in [-0.39, 0.29) is 5.56 Å². The van der Waals surface area contributed by atoms with Crippen molar-refractivity contribution in [3.63, 3.8) is 0 Å². The minimum absolute atomic E-state index is 0.103. The number of nitrogens with zero attached hydrogens (tertiary/aromatic N) is 1. The third-order valence-electron chi connectivity index (χ3n) is 2.81. The van der Waals surface area contributed by atoms with Crippen molar-refractivity contribution in [1.29, 1.82) is 0 Å². The molecule has 6 heteroatoms. The lowest BCUT2D eigenvalue weighted by atomic mass is 10.2. The van der Waals surface area contributed by atoms with E-state index in [9.17, 15) is 4.79 Å². The number of fused-ring (bicyclic) bond motifs is 1. The molecule has 3 rings (SSSR count). The fourth-order valence-electron chi connectivity index (χ4n) is 1.90. The number of halogens is 2. The number of oxazole rings is 1. The van der Waals surface area contributed by atoms with Crippen LogP contribution in [0.4, 0.5) is 0 Å². The molecule has 0 unspecified atom stereocenters. The molecule has 0 saturated heterocycles. The Bertz CT molecular complexity index is 828. The standard InChI is InChI=1S/C14H7BrClNO3/c15-7-4-5-8(10(16)6-7)13-17-12-9(14(18)19)2-1-3-11(12)20-13/h1-6H,(H,18,19). The molecule has 2 aromatic carbocycles. The van der Waals surface area contributed by atoms with Gasteiger partial charge in [-0.15, -0.1) is 0 Å². The Morgan fingerprint density at radius 1 is 1.30 bits per heavy atom. The number of carboxylic acid groups (broad SMARTS) is 1. The predicted molar refractivity (Wildman–Crippen MR) is 79.1 cm³/mol. The van der Waals surface area contributed by atoms with Crippen molar-refractivity contribution < 1.29 is 14.3 Å².